The lowest BCUT2D eigenvalue weighted by Crippen LogP contribution is -2.47. The molecule has 1 saturated heterocycles. The standard InChI is InChI=1S/C25H29ClN6O2/c1-16-14-20(23(34)19-4-6-21(26)7-5-19)15-17(2)22(16)29-24-27-18(3)28-25(30-24)32-10-8-31(9-11-32)12-13-33/h4-7,14-15,33H,8-13H2,1-3H3,(H,27,28,29,30). The van der Waals surface area contributed by atoms with Gasteiger partial charge in [0.2, 0.25) is 11.9 Å². The molecule has 178 valence electrons. The third-order valence-electron chi connectivity index (χ3n) is 5.94. The number of halogens is 1. The fourth-order valence-corrected chi connectivity index (χ4v) is 4.28. The van der Waals surface area contributed by atoms with E-state index in [0.29, 0.717) is 40.4 Å². The van der Waals surface area contributed by atoms with Crippen molar-refractivity contribution in [2.75, 3.05) is 49.5 Å². The van der Waals surface area contributed by atoms with Gasteiger partial charge in [0.15, 0.2) is 5.78 Å². The summed E-state index contributed by atoms with van der Waals surface area (Å²) in [5, 5.41) is 13.1. The van der Waals surface area contributed by atoms with Crippen molar-refractivity contribution in [3.8, 4) is 0 Å². The van der Waals surface area contributed by atoms with Crippen molar-refractivity contribution in [2.24, 2.45) is 0 Å². The van der Waals surface area contributed by atoms with Gasteiger partial charge in [-0.25, -0.2) is 0 Å². The van der Waals surface area contributed by atoms with Crippen molar-refractivity contribution in [3.05, 3.63) is 69.5 Å². The summed E-state index contributed by atoms with van der Waals surface area (Å²) < 4.78 is 0. The molecule has 3 aromatic rings. The van der Waals surface area contributed by atoms with E-state index in [2.05, 4.69) is 30.1 Å². The monoisotopic (exact) mass is 480 g/mol. The lowest BCUT2D eigenvalue weighted by atomic mass is 9.98. The number of benzene rings is 2. The zero-order valence-electron chi connectivity index (χ0n) is 19.7. The Bertz CT molecular complexity index is 1150. The number of carbonyl (C=O) groups is 1. The minimum absolute atomic E-state index is 0.0481. The number of nitrogens with one attached hydrogen (secondary N) is 1. The van der Waals surface area contributed by atoms with E-state index in [1.54, 1.807) is 24.3 Å². The van der Waals surface area contributed by atoms with Gasteiger partial charge in [-0.05, 0) is 68.3 Å². The van der Waals surface area contributed by atoms with E-state index in [1.165, 1.54) is 0 Å². The summed E-state index contributed by atoms with van der Waals surface area (Å²) in [6.45, 7) is 9.93. The molecule has 0 saturated carbocycles. The molecule has 0 unspecified atom stereocenters. The third kappa shape index (κ3) is 5.52. The summed E-state index contributed by atoms with van der Waals surface area (Å²) >= 11 is 5.95. The Morgan fingerprint density at radius 1 is 0.971 bits per heavy atom. The van der Waals surface area contributed by atoms with E-state index < -0.39 is 0 Å². The number of hydrogen-bond acceptors (Lipinski definition) is 8. The molecule has 4 rings (SSSR count). The molecule has 2 heterocycles. The fraction of sp³-hybridized carbons (Fsp3) is 0.360. The highest BCUT2D eigenvalue weighted by molar-refractivity contribution is 6.30. The molecule has 0 aliphatic carbocycles. The van der Waals surface area contributed by atoms with Gasteiger partial charge in [-0.1, -0.05) is 11.6 Å². The first-order chi connectivity index (χ1) is 16.3. The van der Waals surface area contributed by atoms with E-state index >= 15 is 0 Å². The van der Waals surface area contributed by atoms with Gasteiger partial charge in [0.1, 0.15) is 5.82 Å². The largest absolute Gasteiger partial charge is 0.395 e. The van der Waals surface area contributed by atoms with Gasteiger partial charge in [0, 0.05) is 54.6 Å². The molecule has 1 aliphatic heterocycles. The number of aryl methyl sites for hydroxylation is 3. The van der Waals surface area contributed by atoms with Crippen molar-refractivity contribution in [1.82, 2.24) is 19.9 Å². The topological polar surface area (TPSA) is 94.5 Å². The van der Waals surface area contributed by atoms with Crippen molar-refractivity contribution in [3.63, 3.8) is 0 Å². The molecule has 0 amide bonds. The van der Waals surface area contributed by atoms with Gasteiger partial charge in [0.05, 0.1) is 6.61 Å². The molecule has 1 aromatic heterocycles. The van der Waals surface area contributed by atoms with Crippen LogP contribution < -0.4 is 10.2 Å². The normalized spacial score (nSPS) is 14.3. The maximum Gasteiger partial charge on any atom is 0.232 e. The smallest absolute Gasteiger partial charge is 0.232 e. The minimum atomic E-state index is -0.0481. The molecule has 1 fully saturated rings. The van der Waals surface area contributed by atoms with E-state index in [4.69, 9.17) is 16.7 Å². The third-order valence-corrected chi connectivity index (χ3v) is 6.20. The number of aromatic nitrogens is 3. The van der Waals surface area contributed by atoms with E-state index in [-0.39, 0.29) is 12.4 Å². The second kappa shape index (κ2) is 10.5. The number of nitrogens with zero attached hydrogens (tertiary/aromatic N) is 5. The highest BCUT2D eigenvalue weighted by atomic mass is 35.5. The molecule has 0 bridgehead atoms. The fourth-order valence-electron chi connectivity index (χ4n) is 4.15. The number of hydrogen-bond donors (Lipinski definition) is 2. The zero-order valence-corrected chi connectivity index (χ0v) is 20.4. The predicted octanol–water partition coefficient (Wildman–Crippen LogP) is 3.54. The quantitative estimate of drug-likeness (QED) is 0.496. The minimum Gasteiger partial charge on any atom is -0.395 e. The maximum absolute atomic E-state index is 12.9. The second-order valence-electron chi connectivity index (χ2n) is 8.50. The molecular formula is C25H29ClN6O2. The molecule has 0 spiro atoms. The van der Waals surface area contributed by atoms with Crippen LogP contribution in [0.3, 0.4) is 0 Å². The van der Waals surface area contributed by atoms with Crippen molar-refractivity contribution in [1.29, 1.82) is 0 Å². The van der Waals surface area contributed by atoms with Gasteiger partial charge in [-0.15, -0.1) is 0 Å². The van der Waals surface area contributed by atoms with E-state index in [1.807, 2.05) is 32.9 Å². The molecule has 2 N–H and O–H groups in total. The first-order valence-electron chi connectivity index (χ1n) is 11.3. The van der Waals surface area contributed by atoms with Gasteiger partial charge in [-0.3, -0.25) is 9.69 Å². The van der Waals surface area contributed by atoms with Crippen LogP contribution in [-0.2, 0) is 0 Å². The summed E-state index contributed by atoms with van der Waals surface area (Å²) in [6, 6.07) is 10.7. The maximum atomic E-state index is 12.9. The van der Waals surface area contributed by atoms with Gasteiger partial charge >= 0.3 is 0 Å². The van der Waals surface area contributed by atoms with Crippen molar-refractivity contribution < 1.29 is 9.90 Å². The summed E-state index contributed by atoms with van der Waals surface area (Å²) in [5.41, 5.74) is 3.94. The van der Waals surface area contributed by atoms with Gasteiger partial charge < -0.3 is 15.3 Å². The second-order valence-corrected chi connectivity index (χ2v) is 8.94. The van der Waals surface area contributed by atoms with Crippen molar-refractivity contribution in [2.45, 2.75) is 20.8 Å². The zero-order chi connectivity index (χ0) is 24.2. The Labute approximate surface area is 204 Å². The average molecular weight is 481 g/mol. The Hall–Kier alpha value is -3.07. The number of β-amino-alcohol motifs (C(OH)–C–C–N with tert-alkyl or cyclic N) is 1. The van der Waals surface area contributed by atoms with Crippen LogP contribution in [0.25, 0.3) is 0 Å². The first-order valence-corrected chi connectivity index (χ1v) is 11.7. The molecule has 0 radical (unpaired) electrons. The van der Waals surface area contributed by atoms with Crippen LogP contribution in [0.1, 0.15) is 32.9 Å². The van der Waals surface area contributed by atoms with Crippen LogP contribution in [0.15, 0.2) is 36.4 Å². The number of carbonyl (C=O) groups excluding carboxylic acids is 1. The summed E-state index contributed by atoms with van der Waals surface area (Å²) in [7, 11) is 0. The van der Waals surface area contributed by atoms with Crippen LogP contribution in [-0.4, -0.2) is 70.1 Å². The number of rotatable bonds is 7. The average Bonchev–Trinajstić information content (AvgIpc) is 2.82. The number of anilines is 3. The molecule has 9 heteroatoms. The summed E-state index contributed by atoms with van der Waals surface area (Å²) in [6.07, 6.45) is 0. The summed E-state index contributed by atoms with van der Waals surface area (Å²) in [5.74, 6) is 1.70. The predicted molar refractivity (Wildman–Crippen MR) is 134 cm³/mol. The van der Waals surface area contributed by atoms with Crippen LogP contribution in [0.4, 0.5) is 17.6 Å². The first kappa shape index (κ1) is 24.1. The number of ketones is 1. The Morgan fingerprint density at radius 3 is 2.24 bits per heavy atom. The Balaban J connectivity index is 1.53. The molecule has 0 atom stereocenters. The number of aliphatic hydroxyl groups excluding tert-OH is 1. The molecule has 1 aliphatic rings. The molecule has 8 nitrogen and oxygen atoms in total. The van der Waals surface area contributed by atoms with E-state index in [0.717, 1.165) is 43.0 Å². The highest BCUT2D eigenvalue weighted by Gasteiger charge is 2.20. The van der Waals surface area contributed by atoms with Crippen LogP contribution >= 0.6 is 11.6 Å². The SMILES string of the molecule is Cc1nc(Nc2c(C)cc(C(=O)c3ccc(Cl)cc3)cc2C)nc(N2CCN(CCO)CC2)n1. The Morgan fingerprint density at radius 2 is 1.62 bits per heavy atom. The molecule has 2 aromatic carbocycles. The lowest BCUT2D eigenvalue weighted by molar-refractivity contribution is 0.103. The van der Waals surface area contributed by atoms with E-state index in [9.17, 15) is 4.79 Å². The van der Waals surface area contributed by atoms with Crippen LogP contribution in [0.2, 0.25) is 5.02 Å². The number of piperazine rings is 1. The number of aliphatic hydroxyl groups is 1. The molecular weight excluding hydrogens is 452 g/mol. The van der Waals surface area contributed by atoms with Gasteiger partial charge in [0.25, 0.3) is 0 Å². The summed E-state index contributed by atoms with van der Waals surface area (Å²) in [4.78, 5) is 31.0. The lowest BCUT2D eigenvalue weighted by Gasteiger charge is -2.34. The van der Waals surface area contributed by atoms with Crippen LogP contribution in [0.5, 0.6) is 0 Å². The highest BCUT2D eigenvalue weighted by Crippen LogP contribution is 2.27. The van der Waals surface area contributed by atoms with Crippen LogP contribution in [0, 0.1) is 20.8 Å². The Kier molecular flexibility index (Phi) is 7.41. The van der Waals surface area contributed by atoms with Crippen molar-refractivity contribution >= 4 is 35.0 Å². The van der Waals surface area contributed by atoms with Gasteiger partial charge in [-0.2, -0.15) is 15.0 Å². The molecule has 34 heavy (non-hydrogen) atoms.